The normalized spacial score (nSPS) is 14.2. The molecular weight excluding hydrogens is 426 g/mol. The van der Waals surface area contributed by atoms with Gasteiger partial charge in [-0.1, -0.05) is 36.4 Å². The second-order valence-electron chi connectivity index (χ2n) is 7.45. The van der Waals surface area contributed by atoms with Gasteiger partial charge >= 0.3 is 0 Å². The Kier molecular flexibility index (Phi) is 6.32. The maximum atomic E-state index is 13.1. The van der Waals surface area contributed by atoms with E-state index >= 15 is 0 Å². The molecule has 0 bridgehead atoms. The lowest BCUT2D eigenvalue weighted by molar-refractivity contribution is 0.0746. The fourth-order valence-electron chi connectivity index (χ4n) is 3.72. The van der Waals surface area contributed by atoms with Crippen molar-refractivity contribution in [3.05, 3.63) is 84.4 Å². The van der Waals surface area contributed by atoms with Crippen molar-refractivity contribution >= 4 is 27.3 Å². The highest BCUT2D eigenvalue weighted by atomic mass is 32.2. The summed E-state index contributed by atoms with van der Waals surface area (Å²) in [5.41, 5.74) is 1.82. The van der Waals surface area contributed by atoms with Crippen molar-refractivity contribution in [2.75, 3.05) is 42.9 Å². The van der Waals surface area contributed by atoms with Gasteiger partial charge in [0, 0.05) is 37.4 Å². The smallest absolute Gasteiger partial charge is 0.262 e. The Balaban J connectivity index is 1.47. The van der Waals surface area contributed by atoms with Gasteiger partial charge in [0.2, 0.25) is 0 Å². The van der Waals surface area contributed by atoms with E-state index in [1.165, 1.54) is 19.2 Å². The minimum Gasteiger partial charge on any atom is -0.495 e. The minimum atomic E-state index is -3.89. The second-order valence-corrected chi connectivity index (χ2v) is 9.13. The van der Waals surface area contributed by atoms with E-state index in [-0.39, 0.29) is 10.8 Å². The van der Waals surface area contributed by atoms with Crippen molar-refractivity contribution in [3.63, 3.8) is 0 Å². The number of carbonyl (C=O) groups excluding carboxylic acids is 1. The van der Waals surface area contributed by atoms with Gasteiger partial charge < -0.3 is 14.5 Å². The van der Waals surface area contributed by atoms with Gasteiger partial charge in [-0.05, 0) is 42.5 Å². The van der Waals surface area contributed by atoms with Gasteiger partial charge in [0.05, 0.1) is 17.7 Å². The maximum absolute atomic E-state index is 13.1. The summed E-state index contributed by atoms with van der Waals surface area (Å²) in [7, 11) is -2.41. The Bertz CT molecular complexity index is 1190. The van der Waals surface area contributed by atoms with E-state index < -0.39 is 10.0 Å². The molecule has 166 valence electrons. The molecule has 0 aromatic heterocycles. The van der Waals surface area contributed by atoms with Crippen LogP contribution in [0, 0.1) is 0 Å². The molecule has 0 radical (unpaired) electrons. The molecule has 3 aromatic rings. The zero-order valence-electron chi connectivity index (χ0n) is 17.8. The lowest BCUT2D eigenvalue weighted by atomic mass is 10.1. The summed E-state index contributed by atoms with van der Waals surface area (Å²) in [6.07, 6.45) is 0. The first-order valence-electron chi connectivity index (χ1n) is 10.3. The molecule has 1 amide bonds. The van der Waals surface area contributed by atoms with Crippen LogP contribution in [0.25, 0.3) is 0 Å². The largest absolute Gasteiger partial charge is 0.495 e. The summed E-state index contributed by atoms with van der Waals surface area (Å²) >= 11 is 0. The molecule has 7 nitrogen and oxygen atoms in total. The van der Waals surface area contributed by atoms with E-state index in [4.69, 9.17) is 4.74 Å². The van der Waals surface area contributed by atoms with E-state index in [0.29, 0.717) is 30.1 Å². The Hall–Kier alpha value is -3.52. The van der Waals surface area contributed by atoms with Gasteiger partial charge in [-0.25, -0.2) is 8.42 Å². The van der Waals surface area contributed by atoms with Crippen LogP contribution >= 0.6 is 0 Å². The number of hydrogen-bond donors (Lipinski definition) is 1. The first-order chi connectivity index (χ1) is 15.5. The van der Waals surface area contributed by atoms with Crippen LogP contribution < -0.4 is 14.4 Å². The monoisotopic (exact) mass is 451 g/mol. The highest BCUT2D eigenvalue weighted by Crippen LogP contribution is 2.26. The molecule has 3 aromatic carbocycles. The average molecular weight is 452 g/mol. The van der Waals surface area contributed by atoms with Crippen molar-refractivity contribution < 1.29 is 17.9 Å². The van der Waals surface area contributed by atoms with Crippen molar-refractivity contribution in [2.24, 2.45) is 0 Å². The molecule has 1 N–H and O–H groups in total. The van der Waals surface area contributed by atoms with Gasteiger partial charge in [-0.15, -0.1) is 0 Å². The van der Waals surface area contributed by atoms with Crippen LogP contribution in [0.15, 0.2) is 83.8 Å². The summed E-state index contributed by atoms with van der Waals surface area (Å²) in [4.78, 5) is 17.1. The number of amides is 1. The maximum Gasteiger partial charge on any atom is 0.262 e. The van der Waals surface area contributed by atoms with Crippen LogP contribution in [0.3, 0.4) is 0 Å². The van der Waals surface area contributed by atoms with Crippen LogP contribution in [0.1, 0.15) is 10.4 Å². The molecular formula is C24H25N3O4S. The van der Waals surface area contributed by atoms with Gasteiger partial charge in [-0.3, -0.25) is 9.52 Å². The number of methoxy groups -OCH3 is 1. The Labute approximate surface area is 188 Å². The average Bonchev–Trinajstić information content (AvgIpc) is 2.84. The first-order valence-corrected chi connectivity index (χ1v) is 11.8. The van der Waals surface area contributed by atoms with Crippen LogP contribution in [-0.2, 0) is 10.0 Å². The van der Waals surface area contributed by atoms with Crippen molar-refractivity contribution in [2.45, 2.75) is 4.90 Å². The third kappa shape index (κ3) is 4.70. The summed E-state index contributed by atoms with van der Waals surface area (Å²) in [6, 6.07) is 23.0. The number of carbonyl (C=O) groups is 1. The fraction of sp³-hybridized carbons (Fsp3) is 0.208. The number of para-hydroxylation sites is 3. The second kappa shape index (κ2) is 9.32. The number of anilines is 2. The highest BCUT2D eigenvalue weighted by Gasteiger charge is 2.24. The zero-order valence-corrected chi connectivity index (χ0v) is 18.6. The van der Waals surface area contributed by atoms with E-state index in [1.807, 2.05) is 18.2 Å². The van der Waals surface area contributed by atoms with Gasteiger partial charge in [0.15, 0.2) is 0 Å². The highest BCUT2D eigenvalue weighted by molar-refractivity contribution is 7.92. The third-order valence-corrected chi connectivity index (χ3v) is 6.79. The predicted octanol–water partition coefficient (Wildman–Crippen LogP) is 3.46. The molecule has 1 aliphatic rings. The van der Waals surface area contributed by atoms with Crippen LogP contribution in [-0.4, -0.2) is 52.5 Å². The predicted molar refractivity (Wildman–Crippen MR) is 125 cm³/mol. The Morgan fingerprint density at radius 3 is 2.28 bits per heavy atom. The quantitative estimate of drug-likeness (QED) is 0.621. The topological polar surface area (TPSA) is 78.9 Å². The molecule has 0 saturated carbocycles. The Morgan fingerprint density at radius 2 is 1.56 bits per heavy atom. The number of nitrogens with zero attached hydrogens (tertiary/aromatic N) is 2. The molecule has 8 heteroatoms. The third-order valence-electron chi connectivity index (χ3n) is 5.43. The van der Waals surface area contributed by atoms with E-state index in [1.54, 1.807) is 41.3 Å². The summed E-state index contributed by atoms with van der Waals surface area (Å²) in [6.45, 7) is 2.60. The van der Waals surface area contributed by atoms with Crippen LogP contribution in [0.5, 0.6) is 5.75 Å². The van der Waals surface area contributed by atoms with E-state index in [9.17, 15) is 13.2 Å². The van der Waals surface area contributed by atoms with Gasteiger partial charge in [-0.2, -0.15) is 0 Å². The molecule has 32 heavy (non-hydrogen) atoms. The molecule has 1 fully saturated rings. The standard InChI is InChI=1S/C24H25N3O4S/c1-31-23-13-6-5-12-22(23)25-32(29,30)21-11-7-8-19(18-21)24(28)27-16-14-26(15-17-27)20-9-3-2-4-10-20/h2-13,18,25H,14-17H2,1H3. The van der Waals surface area contributed by atoms with Crippen molar-refractivity contribution in [1.29, 1.82) is 0 Å². The number of nitrogens with one attached hydrogen (secondary N) is 1. The van der Waals surface area contributed by atoms with Crippen molar-refractivity contribution in [3.8, 4) is 5.75 Å². The molecule has 0 aliphatic carbocycles. The fourth-order valence-corrected chi connectivity index (χ4v) is 4.83. The number of rotatable bonds is 6. The van der Waals surface area contributed by atoms with Gasteiger partial charge in [0.25, 0.3) is 15.9 Å². The van der Waals surface area contributed by atoms with E-state index in [2.05, 4.69) is 21.8 Å². The molecule has 0 spiro atoms. The molecule has 1 aliphatic heterocycles. The lowest BCUT2D eigenvalue weighted by Crippen LogP contribution is -2.48. The Morgan fingerprint density at radius 1 is 0.875 bits per heavy atom. The number of benzene rings is 3. The molecule has 4 rings (SSSR count). The molecule has 0 unspecified atom stereocenters. The van der Waals surface area contributed by atoms with E-state index in [0.717, 1.165) is 18.8 Å². The molecule has 0 atom stereocenters. The lowest BCUT2D eigenvalue weighted by Gasteiger charge is -2.36. The van der Waals surface area contributed by atoms with Crippen LogP contribution in [0.2, 0.25) is 0 Å². The van der Waals surface area contributed by atoms with Gasteiger partial charge in [0.1, 0.15) is 5.75 Å². The number of ether oxygens (including phenoxy) is 1. The summed E-state index contributed by atoms with van der Waals surface area (Å²) in [5.74, 6) is 0.242. The summed E-state index contributed by atoms with van der Waals surface area (Å²) in [5, 5.41) is 0. The summed E-state index contributed by atoms with van der Waals surface area (Å²) < 4.78 is 33.6. The van der Waals surface area contributed by atoms with Crippen LogP contribution in [0.4, 0.5) is 11.4 Å². The molecule has 1 heterocycles. The first kappa shape index (κ1) is 21.7. The van der Waals surface area contributed by atoms with Crippen molar-refractivity contribution in [1.82, 2.24) is 4.90 Å². The number of sulfonamides is 1. The SMILES string of the molecule is COc1ccccc1NS(=O)(=O)c1cccc(C(=O)N2CCN(c3ccccc3)CC2)c1. The zero-order chi connectivity index (χ0) is 22.6. The minimum absolute atomic E-state index is 0.0252. The number of hydrogen-bond acceptors (Lipinski definition) is 5. The molecule has 1 saturated heterocycles. The number of piperazine rings is 1.